The molecule has 2 aliphatic heterocycles. The Morgan fingerprint density at radius 2 is 2.12 bits per heavy atom. The van der Waals surface area contributed by atoms with Crippen LogP contribution in [0.4, 0.5) is 4.79 Å². The van der Waals surface area contributed by atoms with Gasteiger partial charge < -0.3 is 20.1 Å². The SMILES string of the molecule is Cn1c(CCNC(=O)N2C3CCNCC2CC3)nc2ccccc21. The van der Waals surface area contributed by atoms with Gasteiger partial charge in [0.25, 0.3) is 0 Å². The highest BCUT2D eigenvalue weighted by atomic mass is 16.2. The summed E-state index contributed by atoms with van der Waals surface area (Å²) >= 11 is 0. The van der Waals surface area contributed by atoms with Crippen molar-refractivity contribution in [1.29, 1.82) is 0 Å². The lowest BCUT2D eigenvalue weighted by atomic mass is 10.1. The molecule has 0 aliphatic carbocycles. The molecule has 0 spiro atoms. The van der Waals surface area contributed by atoms with Gasteiger partial charge in [-0.3, -0.25) is 0 Å². The van der Waals surface area contributed by atoms with E-state index in [-0.39, 0.29) is 6.03 Å². The third-order valence-corrected chi connectivity index (χ3v) is 5.39. The monoisotopic (exact) mass is 327 g/mol. The Balaban J connectivity index is 1.38. The highest BCUT2D eigenvalue weighted by Crippen LogP contribution is 2.27. The summed E-state index contributed by atoms with van der Waals surface area (Å²) in [6, 6.07) is 8.98. The van der Waals surface area contributed by atoms with Gasteiger partial charge in [-0.2, -0.15) is 0 Å². The molecule has 2 N–H and O–H groups in total. The largest absolute Gasteiger partial charge is 0.338 e. The average Bonchev–Trinajstić information content (AvgIpc) is 3.03. The number of aromatic nitrogens is 2. The standard InChI is InChI=1S/C18H25N5O/c1-22-16-5-3-2-4-15(16)21-17(22)9-11-20-18(24)23-13-6-7-14(23)12-19-10-8-13/h2-5,13-14,19H,6-12H2,1H3,(H,20,24). The van der Waals surface area contributed by atoms with Crippen molar-refractivity contribution in [3.63, 3.8) is 0 Å². The second kappa shape index (κ2) is 6.43. The second-order valence-electron chi connectivity index (χ2n) is 6.84. The Morgan fingerprint density at radius 3 is 3.00 bits per heavy atom. The normalized spacial score (nSPS) is 23.5. The zero-order valence-corrected chi connectivity index (χ0v) is 14.2. The van der Waals surface area contributed by atoms with Crippen molar-refractivity contribution in [3.8, 4) is 0 Å². The smallest absolute Gasteiger partial charge is 0.317 e. The first kappa shape index (κ1) is 15.4. The molecule has 2 saturated heterocycles. The molecule has 0 saturated carbocycles. The van der Waals surface area contributed by atoms with Crippen LogP contribution in [0.15, 0.2) is 24.3 Å². The lowest BCUT2D eigenvalue weighted by Gasteiger charge is -2.28. The highest BCUT2D eigenvalue weighted by molar-refractivity contribution is 5.76. The van der Waals surface area contributed by atoms with E-state index >= 15 is 0 Å². The maximum atomic E-state index is 12.6. The van der Waals surface area contributed by atoms with Crippen LogP contribution in [-0.4, -0.2) is 52.2 Å². The van der Waals surface area contributed by atoms with Gasteiger partial charge in [0.1, 0.15) is 5.82 Å². The molecule has 2 aliphatic rings. The van der Waals surface area contributed by atoms with Gasteiger partial charge in [0.05, 0.1) is 11.0 Å². The number of imidazole rings is 1. The van der Waals surface area contributed by atoms with Crippen molar-refractivity contribution in [3.05, 3.63) is 30.1 Å². The minimum absolute atomic E-state index is 0.0879. The van der Waals surface area contributed by atoms with Crippen LogP contribution in [0.1, 0.15) is 25.1 Å². The summed E-state index contributed by atoms with van der Waals surface area (Å²) in [5.74, 6) is 1.01. The van der Waals surface area contributed by atoms with Gasteiger partial charge in [0, 0.05) is 38.6 Å². The predicted molar refractivity (Wildman–Crippen MR) is 94.0 cm³/mol. The van der Waals surface area contributed by atoms with E-state index in [1.54, 1.807) is 0 Å². The van der Waals surface area contributed by atoms with Gasteiger partial charge >= 0.3 is 6.03 Å². The first-order valence-corrected chi connectivity index (χ1v) is 8.91. The fraction of sp³-hybridized carbons (Fsp3) is 0.556. The number of para-hydroxylation sites is 2. The van der Waals surface area contributed by atoms with Crippen LogP contribution in [0.25, 0.3) is 11.0 Å². The van der Waals surface area contributed by atoms with Crippen LogP contribution in [-0.2, 0) is 13.5 Å². The summed E-state index contributed by atoms with van der Waals surface area (Å²) in [5.41, 5.74) is 2.15. The molecule has 24 heavy (non-hydrogen) atoms. The van der Waals surface area contributed by atoms with Crippen LogP contribution in [0, 0.1) is 0 Å². The van der Waals surface area contributed by atoms with Gasteiger partial charge in [-0.25, -0.2) is 9.78 Å². The molecule has 6 nitrogen and oxygen atoms in total. The van der Waals surface area contributed by atoms with Gasteiger partial charge in [-0.15, -0.1) is 0 Å². The van der Waals surface area contributed by atoms with Gasteiger partial charge in [-0.05, 0) is 37.9 Å². The highest BCUT2D eigenvalue weighted by Gasteiger charge is 2.37. The molecule has 4 rings (SSSR count). The van der Waals surface area contributed by atoms with Crippen molar-refractivity contribution < 1.29 is 4.79 Å². The zero-order valence-electron chi connectivity index (χ0n) is 14.2. The predicted octanol–water partition coefficient (Wildman–Crippen LogP) is 1.65. The minimum atomic E-state index is 0.0879. The van der Waals surface area contributed by atoms with Crippen LogP contribution >= 0.6 is 0 Å². The molecular weight excluding hydrogens is 302 g/mol. The first-order chi connectivity index (χ1) is 11.7. The molecule has 2 unspecified atom stereocenters. The molecule has 2 fully saturated rings. The number of hydrogen-bond donors (Lipinski definition) is 2. The van der Waals surface area contributed by atoms with E-state index in [4.69, 9.17) is 0 Å². The van der Waals surface area contributed by atoms with E-state index in [9.17, 15) is 4.79 Å². The van der Waals surface area contributed by atoms with E-state index in [1.165, 1.54) is 0 Å². The Morgan fingerprint density at radius 1 is 1.29 bits per heavy atom. The molecule has 2 amide bonds. The number of carbonyl (C=O) groups excluding carboxylic acids is 1. The average molecular weight is 327 g/mol. The number of amides is 2. The Bertz CT molecular complexity index is 726. The summed E-state index contributed by atoms with van der Waals surface area (Å²) in [5, 5.41) is 6.54. The van der Waals surface area contributed by atoms with Crippen LogP contribution in [0.2, 0.25) is 0 Å². The molecule has 1 aromatic carbocycles. The van der Waals surface area contributed by atoms with Crippen molar-refractivity contribution >= 4 is 17.1 Å². The molecule has 2 atom stereocenters. The maximum absolute atomic E-state index is 12.6. The summed E-state index contributed by atoms with van der Waals surface area (Å²) in [6.07, 6.45) is 4.08. The van der Waals surface area contributed by atoms with Crippen LogP contribution in [0.5, 0.6) is 0 Å². The fourth-order valence-electron chi connectivity index (χ4n) is 4.11. The number of aryl methyl sites for hydroxylation is 1. The molecule has 128 valence electrons. The molecular formula is C18H25N5O. The van der Waals surface area contributed by atoms with E-state index in [2.05, 4.69) is 31.2 Å². The number of hydrogen-bond acceptors (Lipinski definition) is 3. The summed E-state index contributed by atoms with van der Waals surface area (Å²) in [7, 11) is 2.03. The lowest BCUT2D eigenvalue weighted by molar-refractivity contribution is 0.176. The van der Waals surface area contributed by atoms with E-state index in [0.717, 1.165) is 55.6 Å². The van der Waals surface area contributed by atoms with Crippen molar-refractivity contribution in [2.24, 2.45) is 7.05 Å². The number of benzene rings is 1. The molecule has 2 bridgehead atoms. The zero-order chi connectivity index (χ0) is 16.5. The Kier molecular flexibility index (Phi) is 4.14. The minimum Gasteiger partial charge on any atom is -0.338 e. The molecule has 3 heterocycles. The Labute approximate surface area is 142 Å². The van der Waals surface area contributed by atoms with Crippen molar-refractivity contribution in [2.45, 2.75) is 37.8 Å². The number of nitrogens with zero attached hydrogens (tertiary/aromatic N) is 3. The summed E-state index contributed by atoms with van der Waals surface area (Å²) < 4.78 is 2.11. The van der Waals surface area contributed by atoms with E-state index in [0.29, 0.717) is 18.6 Å². The molecule has 6 heteroatoms. The molecule has 0 radical (unpaired) electrons. The van der Waals surface area contributed by atoms with E-state index < -0.39 is 0 Å². The number of rotatable bonds is 3. The quantitative estimate of drug-likeness (QED) is 0.901. The summed E-state index contributed by atoms with van der Waals surface area (Å²) in [6.45, 7) is 2.57. The second-order valence-corrected chi connectivity index (χ2v) is 6.84. The number of fused-ring (bicyclic) bond motifs is 3. The number of carbonyl (C=O) groups is 1. The third-order valence-electron chi connectivity index (χ3n) is 5.39. The number of nitrogens with one attached hydrogen (secondary N) is 2. The topological polar surface area (TPSA) is 62.2 Å². The first-order valence-electron chi connectivity index (χ1n) is 8.91. The van der Waals surface area contributed by atoms with Gasteiger partial charge in [0.15, 0.2) is 0 Å². The van der Waals surface area contributed by atoms with Crippen molar-refractivity contribution in [1.82, 2.24) is 25.1 Å². The van der Waals surface area contributed by atoms with Crippen LogP contribution < -0.4 is 10.6 Å². The third kappa shape index (κ3) is 2.75. The van der Waals surface area contributed by atoms with E-state index in [1.807, 2.05) is 25.2 Å². The van der Waals surface area contributed by atoms with Crippen molar-refractivity contribution in [2.75, 3.05) is 19.6 Å². The maximum Gasteiger partial charge on any atom is 0.317 e. The van der Waals surface area contributed by atoms with Gasteiger partial charge in [-0.1, -0.05) is 12.1 Å². The lowest BCUT2D eigenvalue weighted by Crippen LogP contribution is -2.48. The van der Waals surface area contributed by atoms with Gasteiger partial charge in [0.2, 0.25) is 0 Å². The molecule has 2 aromatic rings. The van der Waals surface area contributed by atoms with Crippen LogP contribution in [0.3, 0.4) is 0 Å². The summed E-state index contributed by atoms with van der Waals surface area (Å²) in [4.78, 5) is 19.4. The fourth-order valence-corrected chi connectivity index (χ4v) is 4.11. The molecule has 1 aromatic heterocycles. The Hall–Kier alpha value is -2.08. The number of urea groups is 1.